The van der Waals surface area contributed by atoms with Crippen molar-refractivity contribution in [2.45, 2.75) is 12.6 Å². The summed E-state index contributed by atoms with van der Waals surface area (Å²) >= 11 is 0. The summed E-state index contributed by atoms with van der Waals surface area (Å²) in [5, 5.41) is 19.8. The Morgan fingerprint density at radius 3 is 2.91 bits per heavy atom. The third-order valence-electron chi connectivity index (χ3n) is 3.39. The minimum absolute atomic E-state index is 0.302. The van der Waals surface area contributed by atoms with Crippen molar-refractivity contribution in [3.63, 3.8) is 0 Å². The van der Waals surface area contributed by atoms with E-state index >= 15 is 0 Å². The number of H-pyrrole nitrogens is 1. The van der Waals surface area contributed by atoms with Gasteiger partial charge in [-0.1, -0.05) is 12.1 Å². The Hall–Kier alpha value is -2.44. The van der Waals surface area contributed by atoms with Crippen molar-refractivity contribution >= 4 is 0 Å². The number of nitrogens with one attached hydrogen (secondary N) is 2. The van der Waals surface area contributed by atoms with Crippen molar-refractivity contribution < 1.29 is 13.9 Å². The molecular formula is C16H16FN3O2. The number of hydrogen-bond donors (Lipinski definition) is 3. The first-order valence-electron chi connectivity index (χ1n) is 6.95. The van der Waals surface area contributed by atoms with Gasteiger partial charge in [-0.05, 0) is 24.3 Å². The molecular weight excluding hydrogens is 285 g/mol. The van der Waals surface area contributed by atoms with E-state index in [0.29, 0.717) is 30.1 Å². The Labute approximate surface area is 126 Å². The van der Waals surface area contributed by atoms with Gasteiger partial charge < -0.3 is 14.8 Å². The van der Waals surface area contributed by atoms with Crippen LogP contribution in [-0.4, -0.2) is 21.8 Å². The quantitative estimate of drug-likeness (QED) is 0.654. The normalized spacial score (nSPS) is 12.5. The highest BCUT2D eigenvalue weighted by Crippen LogP contribution is 2.23. The second kappa shape index (κ2) is 6.55. The first kappa shape index (κ1) is 14.5. The molecule has 0 aliphatic heterocycles. The Bertz CT molecular complexity index is 725. The van der Waals surface area contributed by atoms with Gasteiger partial charge in [-0.3, -0.25) is 5.10 Å². The van der Waals surface area contributed by atoms with Crippen molar-refractivity contribution in [3.05, 3.63) is 66.0 Å². The van der Waals surface area contributed by atoms with Crippen LogP contribution in [0.2, 0.25) is 0 Å². The fourth-order valence-electron chi connectivity index (χ4n) is 2.27. The maximum Gasteiger partial charge on any atom is 0.133 e. The van der Waals surface area contributed by atoms with E-state index in [4.69, 9.17) is 4.42 Å². The molecule has 3 N–H and O–H groups in total. The Kier molecular flexibility index (Phi) is 4.32. The zero-order chi connectivity index (χ0) is 15.4. The van der Waals surface area contributed by atoms with E-state index in [9.17, 15) is 9.50 Å². The largest absolute Gasteiger partial charge is 0.467 e. The maximum atomic E-state index is 13.8. The molecule has 0 bridgehead atoms. The molecule has 0 spiro atoms. The average Bonchev–Trinajstić information content (AvgIpc) is 3.19. The molecule has 1 aromatic carbocycles. The summed E-state index contributed by atoms with van der Waals surface area (Å²) in [7, 11) is 0. The van der Waals surface area contributed by atoms with Gasteiger partial charge >= 0.3 is 0 Å². The molecule has 3 rings (SSSR count). The summed E-state index contributed by atoms with van der Waals surface area (Å²) in [5.74, 6) is 0.206. The van der Waals surface area contributed by atoms with Crippen molar-refractivity contribution in [2.75, 3.05) is 6.54 Å². The zero-order valence-electron chi connectivity index (χ0n) is 11.8. The van der Waals surface area contributed by atoms with E-state index in [1.807, 2.05) is 0 Å². The summed E-state index contributed by atoms with van der Waals surface area (Å²) in [5.41, 5.74) is 1.94. The molecule has 0 fully saturated rings. The van der Waals surface area contributed by atoms with Crippen LogP contribution in [0, 0.1) is 5.82 Å². The topological polar surface area (TPSA) is 74.1 Å². The number of hydrogen-bond acceptors (Lipinski definition) is 4. The van der Waals surface area contributed by atoms with Crippen LogP contribution in [0.25, 0.3) is 11.3 Å². The van der Waals surface area contributed by atoms with Gasteiger partial charge in [0.1, 0.15) is 17.7 Å². The number of aromatic amines is 1. The number of aromatic nitrogens is 2. The third-order valence-corrected chi connectivity index (χ3v) is 3.39. The molecule has 0 aliphatic carbocycles. The standard InChI is InChI=1S/C16H16FN3O2/c17-13-5-2-1-4-12(13)16-11(9-19-20-16)8-18-10-14(21)15-6-3-7-22-15/h1-7,9,14,18,21H,8,10H2,(H,19,20). The lowest BCUT2D eigenvalue weighted by molar-refractivity contribution is 0.147. The number of benzene rings is 1. The SMILES string of the molecule is OC(CNCc1cn[nH]c1-c1ccccc1F)c1ccco1. The number of aliphatic hydroxyl groups is 1. The second-order valence-corrected chi connectivity index (χ2v) is 4.91. The van der Waals surface area contributed by atoms with Crippen molar-refractivity contribution in [2.24, 2.45) is 0 Å². The highest BCUT2D eigenvalue weighted by molar-refractivity contribution is 5.63. The molecule has 2 heterocycles. The lowest BCUT2D eigenvalue weighted by Crippen LogP contribution is -2.20. The second-order valence-electron chi connectivity index (χ2n) is 4.91. The lowest BCUT2D eigenvalue weighted by Gasteiger charge is -2.10. The summed E-state index contributed by atoms with van der Waals surface area (Å²) < 4.78 is 19.0. The van der Waals surface area contributed by atoms with Crippen LogP contribution in [0.15, 0.2) is 53.3 Å². The number of furan rings is 1. The number of aliphatic hydroxyl groups excluding tert-OH is 1. The molecule has 2 aromatic heterocycles. The molecule has 114 valence electrons. The summed E-state index contributed by atoms with van der Waals surface area (Å²) in [4.78, 5) is 0. The first-order chi connectivity index (χ1) is 10.8. The highest BCUT2D eigenvalue weighted by Gasteiger charge is 2.13. The number of halogens is 1. The van der Waals surface area contributed by atoms with Gasteiger partial charge in [-0.25, -0.2) is 4.39 Å². The van der Waals surface area contributed by atoms with Crippen LogP contribution in [0.3, 0.4) is 0 Å². The Balaban J connectivity index is 1.65. The van der Waals surface area contributed by atoms with E-state index in [-0.39, 0.29) is 5.82 Å². The van der Waals surface area contributed by atoms with Crippen molar-refractivity contribution in [1.82, 2.24) is 15.5 Å². The molecule has 0 aliphatic rings. The average molecular weight is 301 g/mol. The van der Waals surface area contributed by atoms with Gasteiger partial charge in [0, 0.05) is 24.2 Å². The van der Waals surface area contributed by atoms with Crippen molar-refractivity contribution in [3.8, 4) is 11.3 Å². The van der Waals surface area contributed by atoms with Gasteiger partial charge in [0.25, 0.3) is 0 Å². The molecule has 0 saturated heterocycles. The van der Waals surface area contributed by atoms with Crippen LogP contribution in [0.4, 0.5) is 4.39 Å². The predicted octanol–water partition coefficient (Wildman–Crippen LogP) is 2.63. The summed E-state index contributed by atoms with van der Waals surface area (Å²) in [6, 6.07) is 9.97. The maximum absolute atomic E-state index is 13.8. The van der Waals surface area contributed by atoms with E-state index in [2.05, 4.69) is 15.5 Å². The van der Waals surface area contributed by atoms with Crippen LogP contribution in [-0.2, 0) is 6.54 Å². The van der Waals surface area contributed by atoms with Crippen LogP contribution >= 0.6 is 0 Å². The molecule has 22 heavy (non-hydrogen) atoms. The molecule has 0 radical (unpaired) electrons. The Morgan fingerprint density at radius 2 is 2.14 bits per heavy atom. The van der Waals surface area contributed by atoms with Crippen LogP contribution in [0.1, 0.15) is 17.4 Å². The van der Waals surface area contributed by atoms with Gasteiger partial charge in [0.15, 0.2) is 0 Å². The summed E-state index contributed by atoms with van der Waals surface area (Å²) in [6.45, 7) is 0.785. The monoisotopic (exact) mass is 301 g/mol. The Morgan fingerprint density at radius 1 is 1.27 bits per heavy atom. The molecule has 1 atom stereocenters. The predicted molar refractivity (Wildman–Crippen MR) is 79.4 cm³/mol. The molecule has 0 saturated carbocycles. The smallest absolute Gasteiger partial charge is 0.133 e. The zero-order valence-corrected chi connectivity index (χ0v) is 11.8. The van der Waals surface area contributed by atoms with Gasteiger partial charge in [-0.2, -0.15) is 5.10 Å². The minimum atomic E-state index is -0.723. The van der Waals surface area contributed by atoms with Gasteiger partial charge in [-0.15, -0.1) is 0 Å². The van der Waals surface area contributed by atoms with Crippen molar-refractivity contribution in [1.29, 1.82) is 0 Å². The van der Waals surface area contributed by atoms with Gasteiger partial charge in [0.2, 0.25) is 0 Å². The van der Waals surface area contributed by atoms with E-state index in [1.165, 1.54) is 12.3 Å². The van der Waals surface area contributed by atoms with Gasteiger partial charge in [0.05, 0.1) is 18.2 Å². The van der Waals surface area contributed by atoms with E-state index < -0.39 is 6.10 Å². The molecule has 0 amide bonds. The van der Waals surface area contributed by atoms with Crippen LogP contribution < -0.4 is 5.32 Å². The highest BCUT2D eigenvalue weighted by atomic mass is 19.1. The molecule has 1 unspecified atom stereocenters. The third kappa shape index (κ3) is 3.08. The minimum Gasteiger partial charge on any atom is -0.467 e. The molecule has 3 aromatic rings. The number of nitrogens with zero attached hydrogens (tertiary/aromatic N) is 1. The van der Waals surface area contributed by atoms with E-state index in [0.717, 1.165) is 5.56 Å². The lowest BCUT2D eigenvalue weighted by atomic mass is 10.1. The fourth-order valence-corrected chi connectivity index (χ4v) is 2.27. The molecule has 6 heteroatoms. The van der Waals surface area contributed by atoms with Crippen LogP contribution in [0.5, 0.6) is 0 Å². The first-order valence-corrected chi connectivity index (χ1v) is 6.95. The summed E-state index contributed by atoms with van der Waals surface area (Å²) in [6.07, 6.45) is 2.44. The van der Waals surface area contributed by atoms with E-state index in [1.54, 1.807) is 36.5 Å². The fraction of sp³-hybridized carbons (Fsp3) is 0.188. The molecule has 5 nitrogen and oxygen atoms in total. The number of rotatable bonds is 6.